The van der Waals surface area contributed by atoms with Gasteiger partial charge in [0.1, 0.15) is 0 Å². The Morgan fingerprint density at radius 3 is 2.82 bits per heavy atom. The highest BCUT2D eigenvalue weighted by atomic mass is 32.1. The lowest BCUT2D eigenvalue weighted by Gasteiger charge is -2.29. The van der Waals surface area contributed by atoms with Gasteiger partial charge in [0.05, 0.1) is 12.7 Å². The molecule has 0 aromatic carbocycles. The molecule has 1 aromatic heterocycles. The number of thiophene rings is 1. The molecule has 96 valence electrons. The Morgan fingerprint density at radius 1 is 1.35 bits per heavy atom. The molecule has 0 amide bonds. The molecule has 0 unspecified atom stereocenters. The second-order valence-electron chi connectivity index (χ2n) is 4.87. The Bertz CT molecular complexity index is 291. The summed E-state index contributed by atoms with van der Waals surface area (Å²) in [7, 11) is 0. The number of hydrogen-bond donors (Lipinski definition) is 1. The molecule has 1 heterocycles. The SMILES string of the molecule is CCCNC1CCC(OCc2ccsc2)CC1. The van der Waals surface area contributed by atoms with Crippen molar-refractivity contribution in [3.8, 4) is 0 Å². The van der Waals surface area contributed by atoms with E-state index in [0.29, 0.717) is 6.10 Å². The average molecular weight is 253 g/mol. The molecule has 0 atom stereocenters. The summed E-state index contributed by atoms with van der Waals surface area (Å²) in [4.78, 5) is 0. The monoisotopic (exact) mass is 253 g/mol. The normalized spacial score (nSPS) is 25.0. The Labute approximate surface area is 108 Å². The molecule has 0 saturated heterocycles. The van der Waals surface area contributed by atoms with Crippen LogP contribution in [0, 0.1) is 0 Å². The summed E-state index contributed by atoms with van der Waals surface area (Å²) in [6.07, 6.45) is 6.68. The van der Waals surface area contributed by atoms with Crippen molar-refractivity contribution in [3.63, 3.8) is 0 Å². The van der Waals surface area contributed by atoms with Crippen LogP contribution in [0.2, 0.25) is 0 Å². The van der Waals surface area contributed by atoms with Crippen LogP contribution in [0.5, 0.6) is 0 Å². The molecule has 1 aromatic rings. The van der Waals surface area contributed by atoms with Gasteiger partial charge in [0.15, 0.2) is 0 Å². The van der Waals surface area contributed by atoms with Gasteiger partial charge in [0.25, 0.3) is 0 Å². The van der Waals surface area contributed by atoms with Crippen LogP contribution in [0.3, 0.4) is 0 Å². The number of rotatable bonds is 6. The van der Waals surface area contributed by atoms with Crippen molar-refractivity contribution in [1.29, 1.82) is 0 Å². The largest absolute Gasteiger partial charge is 0.374 e. The molecule has 2 nitrogen and oxygen atoms in total. The second-order valence-corrected chi connectivity index (χ2v) is 5.65. The molecule has 1 saturated carbocycles. The summed E-state index contributed by atoms with van der Waals surface area (Å²) in [5.74, 6) is 0. The molecule has 3 heteroatoms. The first-order chi connectivity index (χ1) is 8.38. The van der Waals surface area contributed by atoms with Gasteiger partial charge in [-0.2, -0.15) is 11.3 Å². The molecule has 1 aliphatic rings. The van der Waals surface area contributed by atoms with Gasteiger partial charge in [-0.1, -0.05) is 6.92 Å². The number of hydrogen-bond acceptors (Lipinski definition) is 3. The maximum absolute atomic E-state index is 5.96. The molecular formula is C14H23NOS. The maximum atomic E-state index is 5.96. The third-order valence-corrected chi connectivity index (χ3v) is 4.16. The van der Waals surface area contributed by atoms with Gasteiger partial charge in [-0.25, -0.2) is 0 Å². The molecule has 0 bridgehead atoms. The van der Waals surface area contributed by atoms with E-state index >= 15 is 0 Å². The Hall–Kier alpha value is -0.380. The second kappa shape index (κ2) is 7.14. The van der Waals surface area contributed by atoms with Gasteiger partial charge in [-0.15, -0.1) is 0 Å². The van der Waals surface area contributed by atoms with Crippen LogP contribution in [-0.4, -0.2) is 18.7 Å². The lowest BCUT2D eigenvalue weighted by Crippen LogP contribution is -2.35. The average Bonchev–Trinajstić information content (AvgIpc) is 2.88. The molecule has 0 spiro atoms. The highest BCUT2D eigenvalue weighted by Gasteiger charge is 2.20. The van der Waals surface area contributed by atoms with E-state index in [1.165, 1.54) is 37.7 Å². The Morgan fingerprint density at radius 2 is 2.18 bits per heavy atom. The molecule has 0 aliphatic heterocycles. The van der Waals surface area contributed by atoms with E-state index in [1.807, 2.05) is 0 Å². The van der Waals surface area contributed by atoms with E-state index in [1.54, 1.807) is 11.3 Å². The Kier molecular flexibility index (Phi) is 5.49. The van der Waals surface area contributed by atoms with Crippen LogP contribution >= 0.6 is 11.3 Å². The van der Waals surface area contributed by atoms with E-state index in [2.05, 4.69) is 29.1 Å². The van der Waals surface area contributed by atoms with Crippen LogP contribution in [0.25, 0.3) is 0 Å². The summed E-state index contributed by atoms with van der Waals surface area (Å²) < 4.78 is 5.96. The number of ether oxygens (including phenoxy) is 1. The van der Waals surface area contributed by atoms with Crippen LogP contribution in [0.4, 0.5) is 0 Å². The fourth-order valence-electron chi connectivity index (χ4n) is 2.37. The van der Waals surface area contributed by atoms with Gasteiger partial charge in [-0.3, -0.25) is 0 Å². The Balaban J connectivity index is 1.62. The lowest BCUT2D eigenvalue weighted by atomic mass is 9.93. The summed E-state index contributed by atoms with van der Waals surface area (Å²) in [6.45, 7) is 4.18. The van der Waals surface area contributed by atoms with Crippen LogP contribution < -0.4 is 5.32 Å². The zero-order chi connectivity index (χ0) is 11.9. The van der Waals surface area contributed by atoms with Crippen molar-refractivity contribution >= 4 is 11.3 Å². The third-order valence-electron chi connectivity index (χ3n) is 3.42. The van der Waals surface area contributed by atoms with Crippen LogP contribution in [0.15, 0.2) is 16.8 Å². The summed E-state index contributed by atoms with van der Waals surface area (Å²) in [5, 5.41) is 7.90. The van der Waals surface area contributed by atoms with Gasteiger partial charge in [0, 0.05) is 6.04 Å². The summed E-state index contributed by atoms with van der Waals surface area (Å²) in [5.41, 5.74) is 1.32. The zero-order valence-corrected chi connectivity index (χ0v) is 11.5. The third kappa shape index (κ3) is 4.41. The molecule has 2 rings (SSSR count). The molecule has 1 N–H and O–H groups in total. The predicted octanol–water partition coefficient (Wildman–Crippen LogP) is 3.58. The maximum Gasteiger partial charge on any atom is 0.0728 e. The first kappa shape index (κ1) is 13.1. The first-order valence-electron chi connectivity index (χ1n) is 6.74. The molecule has 1 fully saturated rings. The van der Waals surface area contributed by atoms with Gasteiger partial charge < -0.3 is 10.1 Å². The predicted molar refractivity (Wildman–Crippen MR) is 73.4 cm³/mol. The lowest BCUT2D eigenvalue weighted by molar-refractivity contribution is 0.0115. The van der Waals surface area contributed by atoms with Crippen molar-refractivity contribution in [2.24, 2.45) is 0 Å². The van der Waals surface area contributed by atoms with Crippen molar-refractivity contribution < 1.29 is 4.74 Å². The van der Waals surface area contributed by atoms with E-state index < -0.39 is 0 Å². The first-order valence-corrected chi connectivity index (χ1v) is 7.69. The minimum absolute atomic E-state index is 0.481. The van der Waals surface area contributed by atoms with Crippen molar-refractivity contribution in [3.05, 3.63) is 22.4 Å². The van der Waals surface area contributed by atoms with E-state index in [9.17, 15) is 0 Å². The molecule has 17 heavy (non-hydrogen) atoms. The van der Waals surface area contributed by atoms with E-state index in [4.69, 9.17) is 4.74 Å². The van der Waals surface area contributed by atoms with Gasteiger partial charge >= 0.3 is 0 Å². The van der Waals surface area contributed by atoms with Gasteiger partial charge in [0.2, 0.25) is 0 Å². The fraction of sp³-hybridized carbons (Fsp3) is 0.714. The minimum Gasteiger partial charge on any atom is -0.374 e. The van der Waals surface area contributed by atoms with Crippen LogP contribution in [0.1, 0.15) is 44.6 Å². The highest BCUT2D eigenvalue weighted by molar-refractivity contribution is 7.07. The fourth-order valence-corrected chi connectivity index (χ4v) is 3.02. The quantitative estimate of drug-likeness (QED) is 0.836. The molecule has 0 radical (unpaired) electrons. The minimum atomic E-state index is 0.481. The summed E-state index contributed by atoms with van der Waals surface area (Å²) in [6, 6.07) is 2.88. The number of nitrogens with one attached hydrogen (secondary N) is 1. The van der Waals surface area contributed by atoms with Crippen molar-refractivity contribution in [2.45, 2.75) is 57.8 Å². The van der Waals surface area contributed by atoms with Gasteiger partial charge in [-0.05, 0) is 61.0 Å². The summed E-state index contributed by atoms with van der Waals surface area (Å²) >= 11 is 1.75. The molecular weight excluding hydrogens is 230 g/mol. The van der Waals surface area contributed by atoms with Crippen LogP contribution in [-0.2, 0) is 11.3 Å². The highest BCUT2D eigenvalue weighted by Crippen LogP contribution is 2.22. The molecule has 1 aliphatic carbocycles. The smallest absolute Gasteiger partial charge is 0.0728 e. The zero-order valence-electron chi connectivity index (χ0n) is 10.7. The topological polar surface area (TPSA) is 21.3 Å². The van der Waals surface area contributed by atoms with Crippen molar-refractivity contribution in [2.75, 3.05) is 6.54 Å². The van der Waals surface area contributed by atoms with E-state index in [0.717, 1.165) is 19.2 Å². The van der Waals surface area contributed by atoms with E-state index in [-0.39, 0.29) is 0 Å². The standard InChI is InChI=1S/C14H23NOS/c1-2-8-15-13-3-5-14(6-4-13)16-10-12-7-9-17-11-12/h7,9,11,13-15H,2-6,8,10H2,1H3. The van der Waals surface area contributed by atoms with Crippen molar-refractivity contribution in [1.82, 2.24) is 5.32 Å².